The maximum absolute atomic E-state index is 11.5. The normalized spacial score (nSPS) is 11.0. The zero-order chi connectivity index (χ0) is 12.7. The van der Waals surface area contributed by atoms with E-state index < -0.39 is 5.91 Å². The van der Waals surface area contributed by atoms with E-state index in [9.17, 15) is 4.79 Å². The summed E-state index contributed by atoms with van der Waals surface area (Å²) in [6, 6.07) is 5.16. The number of furan rings is 1. The van der Waals surface area contributed by atoms with Gasteiger partial charge in [0, 0.05) is 19.7 Å². The van der Waals surface area contributed by atoms with Crippen LogP contribution in [0.25, 0.3) is 6.08 Å². The van der Waals surface area contributed by atoms with Crippen LogP contribution in [0, 0.1) is 11.3 Å². The van der Waals surface area contributed by atoms with E-state index in [0.717, 1.165) is 0 Å². The number of amides is 1. The second kappa shape index (κ2) is 6.89. The number of hydrogen-bond acceptors (Lipinski definition) is 4. The first-order valence-electron chi connectivity index (χ1n) is 4.81. The molecule has 0 aliphatic heterocycles. The van der Waals surface area contributed by atoms with E-state index >= 15 is 0 Å². The zero-order valence-electron chi connectivity index (χ0n) is 9.20. The molecule has 0 saturated heterocycles. The van der Waals surface area contributed by atoms with E-state index in [1.807, 2.05) is 6.07 Å². The van der Waals surface area contributed by atoms with Crippen molar-refractivity contribution in [3.8, 4) is 6.07 Å². The lowest BCUT2D eigenvalue weighted by molar-refractivity contribution is -0.117. The Morgan fingerprint density at radius 3 is 3.00 bits per heavy atom. The molecule has 1 rings (SSSR count). The minimum absolute atomic E-state index is 0.0112. The lowest BCUT2D eigenvalue weighted by Crippen LogP contribution is -2.27. The highest BCUT2D eigenvalue weighted by Crippen LogP contribution is 2.16. The molecule has 0 radical (unpaired) electrons. The van der Waals surface area contributed by atoms with Crippen LogP contribution in [0.3, 0.4) is 0 Å². The molecule has 1 heterocycles. The van der Waals surface area contributed by atoms with Crippen molar-refractivity contribution in [3.05, 3.63) is 28.1 Å². The van der Waals surface area contributed by atoms with Crippen molar-refractivity contribution < 1.29 is 13.9 Å². The van der Waals surface area contributed by atoms with Gasteiger partial charge in [-0.15, -0.1) is 0 Å². The highest BCUT2D eigenvalue weighted by molar-refractivity contribution is 9.10. The Morgan fingerprint density at radius 1 is 1.71 bits per heavy atom. The minimum Gasteiger partial charge on any atom is -0.450 e. The molecule has 0 unspecified atom stereocenters. The molecule has 0 spiro atoms. The Morgan fingerprint density at radius 2 is 2.47 bits per heavy atom. The molecule has 6 heteroatoms. The van der Waals surface area contributed by atoms with Crippen molar-refractivity contribution in [2.24, 2.45) is 0 Å². The summed E-state index contributed by atoms with van der Waals surface area (Å²) < 4.78 is 10.5. The van der Waals surface area contributed by atoms with Gasteiger partial charge < -0.3 is 14.5 Å². The molecule has 0 aliphatic rings. The third kappa shape index (κ3) is 4.43. The van der Waals surface area contributed by atoms with Crippen LogP contribution >= 0.6 is 15.9 Å². The maximum Gasteiger partial charge on any atom is 0.262 e. The third-order valence-corrected chi connectivity index (χ3v) is 2.26. The summed E-state index contributed by atoms with van der Waals surface area (Å²) in [4.78, 5) is 11.5. The van der Waals surface area contributed by atoms with E-state index in [-0.39, 0.29) is 5.57 Å². The van der Waals surface area contributed by atoms with Gasteiger partial charge in [0.2, 0.25) is 0 Å². The number of carbonyl (C=O) groups excluding carboxylic acids is 1. The lowest BCUT2D eigenvalue weighted by Gasteiger charge is -2.02. The number of ether oxygens (including phenoxy) is 1. The first-order chi connectivity index (χ1) is 8.17. The fraction of sp³-hybridized carbons (Fsp3) is 0.273. The van der Waals surface area contributed by atoms with Crippen LogP contribution in [0.2, 0.25) is 0 Å². The quantitative estimate of drug-likeness (QED) is 0.510. The van der Waals surface area contributed by atoms with E-state index in [1.165, 1.54) is 13.2 Å². The third-order valence-electron chi connectivity index (χ3n) is 1.84. The van der Waals surface area contributed by atoms with Crippen LogP contribution < -0.4 is 5.32 Å². The van der Waals surface area contributed by atoms with Gasteiger partial charge in [-0.25, -0.2) is 0 Å². The van der Waals surface area contributed by atoms with Gasteiger partial charge >= 0.3 is 0 Å². The van der Waals surface area contributed by atoms with E-state index in [4.69, 9.17) is 14.4 Å². The van der Waals surface area contributed by atoms with Crippen molar-refractivity contribution >= 4 is 27.9 Å². The molecule has 1 aromatic rings. The van der Waals surface area contributed by atoms with Crippen molar-refractivity contribution in [2.45, 2.75) is 0 Å². The predicted molar refractivity (Wildman–Crippen MR) is 64.9 cm³/mol. The molecule has 1 amide bonds. The van der Waals surface area contributed by atoms with Gasteiger partial charge in [-0.05, 0) is 28.1 Å². The summed E-state index contributed by atoms with van der Waals surface area (Å²) in [5, 5.41) is 11.4. The number of hydrogen-bond donors (Lipinski definition) is 1. The number of nitrogens with one attached hydrogen (secondary N) is 1. The number of carbonyl (C=O) groups is 1. The second-order valence-corrected chi connectivity index (χ2v) is 3.84. The lowest BCUT2D eigenvalue weighted by atomic mass is 10.2. The van der Waals surface area contributed by atoms with Gasteiger partial charge in [-0.2, -0.15) is 5.26 Å². The van der Waals surface area contributed by atoms with Crippen LogP contribution in [-0.4, -0.2) is 26.2 Å². The van der Waals surface area contributed by atoms with Crippen LogP contribution in [-0.2, 0) is 9.53 Å². The standard InChI is InChI=1S/C11H11BrN2O3/c1-16-5-4-14-11(15)8(7-13)6-9-2-3-10(12)17-9/h2-3,6H,4-5H2,1H3,(H,14,15)/b8-6+. The topological polar surface area (TPSA) is 75.3 Å². The maximum atomic E-state index is 11.5. The van der Waals surface area contributed by atoms with Crippen LogP contribution in [0.1, 0.15) is 5.76 Å². The number of nitrogens with zero attached hydrogens (tertiary/aromatic N) is 1. The molecule has 90 valence electrons. The summed E-state index contributed by atoms with van der Waals surface area (Å²) in [5.74, 6) is -0.00705. The Hall–Kier alpha value is -1.58. The summed E-state index contributed by atoms with van der Waals surface area (Å²) in [5.41, 5.74) is -0.0112. The summed E-state index contributed by atoms with van der Waals surface area (Å²) in [6.07, 6.45) is 1.38. The van der Waals surface area contributed by atoms with Gasteiger partial charge in [-0.1, -0.05) is 0 Å². The highest BCUT2D eigenvalue weighted by atomic mass is 79.9. The Labute approximate surface area is 107 Å². The number of rotatable bonds is 5. The number of nitriles is 1. The molecule has 0 aromatic carbocycles. The van der Waals surface area contributed by atoms with E-state index in [0.29, 0.717) is 23.6 Å². The minimum atomic E-state index is -0.447. The fourth-order valence-electron chi connectivity index (χ4n) is 1.06. The van der Waals surface area contributed by atoms with E-state index in [1.54, 1.807) is 12.1 Å². The zero-order valence-corrected chi connectivity index (χ0v) is 10.8. The SMILES string of the molecule is COCCNC(=O)/C(C#N)=C/c1ccc(Br)o1. The van der Waals surface area contributed by atoms with Crippen molar-refractivity contribution in [3.63, 3.8) is 0 Å². The van der Waals surface area contributed by atoms with Gasteiger partial charge in [0.15, 0.2) is 4.67 Å². The molecule has 0 bridgehead atoms. The van der Waals surface area contributed by atoms with Crippen LogP contribution in [0.5, 0.6) is 0 Å². The average Bonchev–Trinajstić information content (AvgIpc) is 2.72. The molecule has 1 aromatic heterocycles. The summed E-state index contributed by atoms with van der Waals surface area (Å²) in [6.45, 7) is 0.757. The van der Waals surface area contributed by atoms with Crippen LogP contribution in [0.15, 0.2) is 26.8 Å². The molecular formula is C11H11BrN2O3. The summed E-state index contributed by atoms with van der Waals surface area (Å²) >= 11 is 3.14. The fourth-order valence-corrected chi connectivity index (χ4v) is 1.38. The molecular weight excluding hydrogens is 288 g/mol. The Balaban J connectivity index is 2.68. The molecule has 17 heavy (non-hydrogen) atoms. The Bertz CT molecular complexity index is 460. The first kappa shape index (κ1) is 13.5. The van der Waals surface area contributed by atoms with Gasteiger partial charge in [0.05, 0.1) is 6.61 Å². The van der Waals surface area contributed by atoms with Crippen molar-refractivity contribution in [2.75, 3.05) is 20.3 Å². The number of methoxy groups -OCH3 is 1. The average molecular weight is 299 g/mol. The molecule has 0 atom stereocenters. The molecule has 1 N–H and O–H groups in total. The molecule has 0 aliphatic carbocycles. The van der Waals surface area contributed by atoms with Gasteiger partial charge in [0.25, 0.3) is 5.91 Å². The second-order valence-electron chi connectivity index (χ2n) is 3.06. The van der Waals surface area contributed by atoms with Crippen molar-refractivity contribution in [1.29, 1.82) is 5.26 Å². The smallest absolute Gasteiger partial charge is 0.262 e. The highest BCUT2D eigenvalue weighted by Gasteiger charge is 2.09. The largest absolute Gasteiger partial charge is 0.450 e. The Kier molecular flexibility index (Phi) is 5.46. The summed E-state index contributed by atoms with van der Waals surface area (Å²) in [7, 11) is 1.54. The monoisotopic (exact) mass is 298 g/mol. The van der Waals surface area contributed by atoms with Gasteiger partial charge in [0.1, 0.15) is 17.4 Å². The number of halogens is 1. The molecule has 5 nitrogen and oxygen atoms in total. The predicted octanol–water partition coefficient (Wildman–Crippen LogP) is 1.71. The van der Waals surface area contributed by atoms with Gasteiger partial charge in [-0.3, -0.25) is 4.79 Å². The molecule has 0 fully saturated rings. The molecule has 0 saturated carbocycles. The first-order valence-corrected chi connectivity index (χ1v) is 5.61. The van der Waals surface area contributed by atoms with Crippen molar-refractivity contribution in [1.82, 2.24) is 5.32 Å². The van der Waals surface area contributed by atoms with Crippen LogP contribution in [0.4, 0.5) is 0 Å². The van der Waals surface area contributed by atoms with E-state index in [2.05, 4.69) is 21.2 Å².